The van der Waals surface area contributed by atoms with Crippen molar-refractivity contribution in [2.24, 2.45) is 0 Å². The molecular weight excluding hydrogens is 224 g/mol. The summed E-state index contributed by atoms with van der Waals surface area (Å²) >= 11 is 0. The van der Waals surface area contributed by atoms with Crippen molar-refractivity contribution >= 4 is 11.4 Å². The van der Waals surface area contributed by atoms with E-state index in [1.54, 1.807) is 6.33 Å². The predicted octanol–water partition coefficient (Wildman–Crippen LogP) is 2.40. The number of anilines is 2. The third-order valence-electron chi connectivity index (χ3n) is 3.42. The van der Waals surface area contributed by atoms with E-state index in [2.05, 4.69) is 20.9 Å². The van der Waals surface area contributed by atoms with Crippen molar-refractivity contribution in [1.29, 1.82) is 0 Å². The molecule has 0 radical (unpaired) electrons. The number of rotatable bonds is 2. The van der Waals surface area contributed by atoms with E-state index >= 15 is 0 Å². The van der Waals surface area contributed by atoms with Gasteiger partial charge in [0.1, 0.15) is 6.33 Å². The fourth-order valence-electron chi connectivity index (χ4n) is 2.61. The summed E-state index contributed by atoms with van der Waals surface area (Å²) in [6, 6.07) is 8.43. The Labute approximate surface area is 106 Å². The van der Waals surface area contributed by atoms with Crippen LogP contribution in [-0.4, -0.2) is 16.5 Å². The molecule has 1 aliphatic heterocycles. The zero-order chi connectivity index (χ0) is 12.4. The number of benzene rings is 1. The molecule has 0 aliphatic carbocycles. The maximum absolute atomic E-state index is 5.86. The van der Waals surface area contributed by atoms with Gasteiger partial charge in [-0.2, -0.15) is 0 Å². The van der Waals surface area contributed by atoms with Crippen LogP contribution in [0.5, 0.6) is 0 Å². The predicted molar refractivity (Wildman–Crippen MR) is 72.2 cm³/mol. The van der Waals surface area contributed by atoms with Crippen LogP contribution in [-0.2, 0) is 0 Å². The second-order valence-corrected chi connectivity index (χ2v) is 4.62. The first-order valence-corrected chi connectivity index (χ1v) is 6.22. The first kappa shape index (κ1) is 11.0. The smallest absolute Gasteiger partial charge is 0.115 e. The van der Waals surface area contributed by atoms with Gasteiger partial charge in [-0.1, -0.05) is 6.07 Å². The maximum Gasteiger partial charge on any atom is 0.115 e. The summed E-state index contributed by atoms with van der Waals surface area (Å²) in [6.07, 6.45) is 7.71. The van der Waals surface area contributed by atoms with Gasteiger partial charge < -0.3 is 10.6 Å². The van der Waals surface area contributed by atoms with Gasteiger partial charge in [-0.15, -0.1) is 0 Å². The van der Waals surface area contributed by atoms with Crippen molar-refractivity contribution in [3.05, 3.63) is 48.5 Å². The van der Waals surface area contributed by atoms with Crippen LogP contribution in [0.2, 0.25) is 0 Å². The molecule has 1 unspecified atom stereocenters. The number of hydrogen-bond donors (Lipinski definition) is 1. The molecule has 3 rings (SSSR count). The van der Waals surface area contributed by atoms with Crippen LogP contribution < -0.4 is 10.6 Å². The molecule has 0 amide bonds. The normalized spacial score (nSPS) is 19.1. The zero-order valence-electron chi connectivity index (χ0n) is 10.2. The van der Waals surface area contributed by atoms with Crippen LogP contribution >= 0.6 is 0 Å². The Balaban J connectivity index is 1.92. The lowest BCUT2D eigenvalue weighted by atomic mass is 10.1. The number of nitrogens with zero attached hydrogens (tertiary/aromatic N) is 3. The Morgan fingerprint density at radius 1 is 1.22 bits per heavy atom. The molecule has 0 bridgehead atoms. The van der Waals surface area contributed by atoms with Crippen molar-refractivity contribution < 1.29 is 0 Å². The zero-order valence-corrected chi connectivity index (χ0v) is 10.2. The highest BCUT2D eigenvalue weighted by molar-refractivity contribution is 5.57. The van der Waals surface area contributed by atoms with Crippen molar-refractivity contribution in [2.75, 3.05) is 17.2 Å². The number of nitrogen functional groups attached to an aromatic ring is 1. The van der Waals surface area contributed by atoms with Crippen molar-refractivity contribution in [3.63, 3.8) is 0 Å². The Morgan fingerprint density at radius 2 is 2.06 bits per heavy atom. The van der Waals surface area contributed by atoms with E-state index in [1.165, 1.54) is 17.7 Å². The second kappa shape index (κ2) is 4.64. The van der Waals surface area contributed by atoms with Gasteiger partial charge in [0.25, 0.3) is 0 Å². The Hall–Kier alpha value is -2.10. The quantitative estimate of drug-likeness (QED) is 0.819. The number of hydrogen-bond acceptors (Lipinski definition) is 4. The Morgan fingerprint density at radius 3 is 2.83 bits per heavy atom. The standard InChI is InChI=1S/C14H16N4/c15-12-3-1-4-13(7-12)18-6-2-5-14(18)11-8-16-10-17-9-11/h1,3-4,7-10,14H,2,5-6,15H2. The molecule has 2 N–H and O–H groups in total. The minimum atomic E-state index is 0.369. The highest BCUT2D eigenvalue weighted by Crippen LogP contribution is 2.35. The molecule has 0 spiro atoms. The van der Waals surface area contributed by atoms with Gasteiger partial charge in [-0.25, -0.2) is 9.97 Å². The minimum absolute atomic E-state index is 0.369. The molecule has 2 aromatic rings. The summed E-state index contributed by atoms with van der Waals surface area (Å²) in [6.45, 7) is 1.06. The molecule has 0 saturated carbocycles. The summed E-state index contributed by atoms with van der Waals surface area (Å²) < 4.78 is 0. The van der Waals surface area contributed by atoms with E-state index in [4.69, 9.17) is 5.73 Å². The van der Waals surface area contributed by atoms with Gasteiger partial charge in [0.05, 0.1) is 6.04 Å². The summed E-state index contributed by atoms with van der Waals surface area (Å²) in [5, 5.41) is 0. The van der Waals surface area contributed by atoms with Gasteiger partial charge >= 0.3 is 0 Å². The largest absolute Gasteiger partial charge is 0.399 e. The summed E-state index contributed by atoms with van der Waals surface area (Å²) in [7, 11) is 0. The highest BCUT2D eigenvalue weighted by Gasteiger charge is 2.26. The third-order valence-corrected chi connectivity index (χ3v) is 3.42. The molecule has 92 valence electrons. The molecule has 4 nitrogen and oxygen atoms in total. The minimum Gasteiger partial charge on any atom is -0.399 e. The van der Waals surface area contributed by atoms with E-state index < -0.39 is 0 Å². The van der Waals surface area contributed by atoms with E-state index in [-0.39, 0.29) is 0 Å². The van der Waals surface area contributed by atoms with Gasteiger partial charge in [-0.3, -0.25) is 0 Å². The van der Waals surface area contributed by atoms with Gasteiger partial charge in [0, 0.05) is 35.9 Å². The topological polar surface area (TPSA) is 55.0 Å². The van der Waals surface area contributed by atoms with Crippen LogP contribution in [0, 0.1) is 0 Å². The van der Waals surface area contributed by atoms with Crippen molar-refractivity contribution in [1.82, 2.24) is 9.97 Å². The molecule has 4 heteroatoms. The Bertz CT molecular complexity index is 526. The van der Waals surface area contributed by atoms with Crippen LogP contribution in [0.3, 0.4) is 0 Å². The Kier molecular flexibility index (Phi) is 2.84. The molecule has 1 fully saturated rings. The molecular formula is C14H16N4. The maximum atomic E-state index is 5.86. The SMILES string of the molecule is Nc1cccc(N2CCCC2c2cncnc2)c1. The lowest BCUT2D eigenvalue weighted by molar-refractivity contribution is 0.710. The summed E-state index contributed by atoms with van der Waals surface area (Å²) in [4.78, 5) is 10.6. The second-order valence-electron chi connectivity index (χ2n) is 4.62. The first-order chi connectivity index (χ1) is 8.84. The molecule has 18 heavy (non-hydrogen) atoms. The van der Waals surface area contributed by atoms with E-state index in [9.17, 15) is 0 Å². The van der Waals surface area contributed by atoms with Crippen LogP contribution in [0.4, 0.5) is 11.4 Å². The highest BCUT2D eigenvalue weighted by atomic mass is 15.2. The molecule has 1 aliphatic rings. The molecule has 1 saturated heterocycles. The lowest BCUT2D eigenvalue weighted by Gasteiger charge is -2.26. The summed E-state index contributed by atoms with van der Waals surface area (Å²) in [5.74, 6) is 0. The van der Waals surface area contributed by atoms with Crippen molar-refractivity contribution in [3.8, 4) is 0 Å². The van der Waals surface area contributed by atoms with E-state index in [0.717, 1.165) is 18.7 Å². The fourth-order valence-corrected chi connectivity index (χ4v) is 2.61. The third kappa shape index (κ3) is 2.01. The average Bonchev–Trinajstić information content (AvgIpc) is 2.89. The molecule has 1 atom stereocenters. The molecule has 1 aromatic carbocycles. The van der Waals surface area contributed by atoms with Crippen molar-refractivity contribution in [2.45, 2.75) is 18.9 Å². The van der Waals surface area contributed by atoms with Gasteiger partial charge in [0.2, 0.25) is 0 Å². The number of nitrogens with two attached hydrogens (primary N) is 1. The van der Waals surface area contributed by atoms with E-state index in [1.807, 2.05) is 30.6 Å². The van der Waals surface area contributed by atoms with Crippen LogP contribution in [0.15, 0.2) is 43.0 Å². The summed E-state index contributed by atoms with van der Waals surface area (Å²) in [5.41, 5.74) is 9.03. The molecule has 1 aromatic heterocycles. The number of aromatic nitrogens is 2. The van der Waals surface area contributed by atoms with Gasteiger partial charge in [0.15, 0.2) is 0 Å². The lowest BCUT2D eigenvalue weighted by Crippen LogP contribution is -2.22. The van der Waals surface area contributed by atoms with Crippen LogP contribution in [0.25, 0.3) is 0 Å². The first-order valence-electron chi connectivity index (χ1n) is 6.22. The van der Waals surface area contributed by atoms with Crippen LogP contribution in [0.1, 0.15) is 24.4 Å². The van der Waals surface area contributed by atoms with Gasteiger partial charge in [-0.05, 0) is 31.0 Å². The fraction of sp³-hybridized carbons (Fsp3) is 0.286. The molecule has 2 heterocycles. The average molecular weight is 240 g/mol. The van der Waals surface area contributed by atoms with E-state index in [0.29, 0.717) is 6.04 Å². The monoisotopic (exact) mass is 240 g/mol.